The second kappa shape index (κ2) is 8.21. The van der Waals surface area contributed by atoms with Crippen molar-refractivity contribution < 1.29 is 9.53 Å². The van der Waals surface area contributed by atoms with Gasteiger partial charge < -0.3 is 14.6 Å². The highest BCUT2D eigenvalue weighted by Crippen LogP contribution is 2.23. The number of aryl methyl sites for hydroxylation is 3. The maximum atomic E-state index is 12.5. The van der Waals surface area contributed by atoms with Gasteiger partial charge in [0.05, 0.1) is 5.69 Å². The second-order valence-electron chi connectivity index (χ2n) is 7.54. The Morgan fingerprint density at radius 2 is 2.15 bits per heavy atom. The molecule has 1 unspecified atom stereocenters. The number of carbonyl (C=O) groups is 1. The van der Waals surface area contributed by atoms with E-state index in [1.165, 1.54) is 24.1 Å². The fourth-order valence-electron chi connectivity index (χ4n) is 4.22. The van der Waals surface area contributed by atoms with Crippen LogP contribution in [0, 0.1) is 0 Å². The molecule has 0 radical (unpaired) electrons. The average molecular weight is 372 g/mol. The van der Waals surface area contributed by atoms with E-state index in [9.17, 15) is 4.79 Å². The minimum absolute atomic E-state index is 0.113. The van der Waals surface area contributed by atoms with Crippen LogP contribution in [-0.2, 0) is 48.4 Å². The van der Waals surface area contributed by atoms with Gasteiger partial charge in [0.25, 0.3) is 0 Å². The quantitative estimate of drug-likeness (QED) is 0.800. The minimum Gasteiger partial charge on any atom is -0.377 e. The van der Waals surface area contributed by atoms with Gasteiger partial charge in [-0.1, -0.05) is 0 Å². The molecule has 8 heteroatoms. The van der Waals surface area contributed by atoms with Crippen molar-refractivity contribution in [3.05, 3.63) is 28.6 Å². The van der Waals surface area contributed by atoms with E-state index in [-0.39, 0.29) is 11.9 Å². The zero-order valence-electron chi connectivity index (χ0n) is 16.0. The van der Waals surface area contributed by atoms with Gasteiger partial charge in [0.15, 0.2) is 5.82 Å². The van der Waals surface area contributed by atoms with Crippen LogP contribution >= 0.6 is 0 Å². The lowest BCUT2D eigenvalue weighted by Gasteiger charge is -2.16. The molecule has 1 amide bonds. The van der Waals surface area contributed by atoms with Gasteiger partial charge in [0.1, 0.15) is 12.4 Å². The number of amides is 1. The number of fused-ring (bicyclic) bond motifs is 2. The molecule has 2 aromatic heterocycles. The van der Waals surface area contributed by atoms with E-state index in [0.717, 1.165) is 56.0 Å². The number of H-pyrrole nitrogens is 1. The highest BCUT2D eigenvalue weighted by atomic mass is 16.5. The Balaban J connectivity index is 1.28. The van der Waals surface area contributed by atoms with Gasteiger partial charge in [-0.15, -0.1) is 10.2 Å². The van der Waals surface area contributed by atoms with Crippen LogP contribution in [0.25, 0.3) is 0 Å². The number of aromatic nitrogens is 5. The van der Waals surface area contributed by atoms with Gasteiger partial charge in [-0.2, -0.15) is 5.10 Å². The Kier molecular flexibility index (Phi) is 5.52. The molecule has 3 heterocycles. The molecule has 0 bridgehead atoms. The van der Waals surface area contributed by atoms with Crippen molar-refractivity contribution in [2.45, 2.75) is 77.0 Å². The molecule has 146 valence electrons. The predicted octanol–water partition coefficient (Wildman–Crippen LogP) is 1.48. The number of hydrogen-bond donors (Lipinski definition) is 2. The van der Waals surface area contributed by atoms with Gasteiger partial charge in [-0.3, -0.25) is 9.89 Å². The second-order valence-corrected chi connectivity index (χ2v) is 7.54. The molecule has 2 N–H and O–H groups in total. The number of rotatable bonds is 6. The third-order valence-corrected chi connectivity index (χ3v) is 5.69. The summed E-state index contributed by atoms with van der Waals surface area (Å²) in [5, 5.41) is 19.3. The molecule has 0 saturated carbocycles. The minimum atomic E-state index is 0.113. The Labute approximate surface area is 159 Å². The lowest BCUT2D eigenvalue weighted by molar-refractivity contribution is -0.121. The Hall–Kier alpha value is -2.22. The van der Waals surface area contributed by atoms with Crippen LogP contribution < -0.4 is 5.32 Å². The van der Waals surface area contributed by atoms with Gasteiger partial charge in [-0.25, -0.2) is 0 Å². The summed E-state index contributed by atoms with van der Waals surface area (Å²) < 4.78 is 7.32. The summed E-state index contributed by atoms with van der Waals surface area (Å²) in [6.45, 7) is 1.29. The van der Waals surface area contributed by atoms with Crippen LogP contribution in [0.15, 0.2) is 0 Å². The number of hydrogen-bond acceptors (Lipinski definition) is 5. The number of carbonyl (C=O) groups excluding carboxylic acids is 1. The number of ether oxygens (including phenoxy) is 1. The molecule has 0 fully saturated rings. The van der Waals surface area contributed by atoms with E-state index in [1.54, 1.807) is 7.11 Å². The molecule has 0 spiro atoms. The zero-order chi connectivity index (χ0) is 18.6. The van der Waals surface area contributed by atoms with Crippen LogP contribution in [0.5, 0.6) is 0 Å². The number of methoxy groups -OCH3 is 1. The molecule has 0 saturated heterocycles. The molecule has 1 atom stereocenters. The molecule has 2 aromatic rings. The van der Waals surface area contributed by atoms with E-state index in [4.69, 9.17) is 4.74 Å². The van der Waals surface area contributed by atoms with E-state index >= 15 is 0 Å². The van der Waals surface area contributed by atoms with Crippen LogP contribution in [0.2, 0.25) is 0 Å². The van der Waals surface area contributed by atoms with Crippen molar-refractivity contribution in [1.29, 1.82) is 0 Å². The molecule has 1 aliphatic heterocycles. The number of aromatic amines is 1. The fourth-order valence-corrected chi connectivity index (χ4v) is 4.22. The molecular formula is C19H28N6O2. The third-order valence-electron chi connectivity index (χ3n) is 5.69. The zero-order valence-corrected chi connectivity index (χ0v) is 16.0. The average Bonchev–Trinajstić information content (AvgIpc) is 3.21. The molecular weight excluding hydrogens is 344 g/mol. The highest BCUT2D eigenvalue weighted by molar-refractivity contribution is 5.76. The lowest BCUT2D eigenvalue weighted by atomic mass is 9.94. The topological polar surface area (TPSA) is 97.7 Å². The Morgan fingerprint density at radius 1 is 1.26 bits per heavy atom. The summed E-state index contributed by atoms with van der Waals surface area (Å²) in [7, 11) is 1.66. The van der Waals surface area contributed by atoms with Gasteiger partial charge in [0, 0.05) is 44.7 Å². The van der Waals surface area contributed by atoms with Gasteiger partial charge in [0.2, 0.25) is 5.91 Å². The molecule has 8 nitrogen and oxygen atoms in total. The normalized spacial score (nSPS) is 19.2. The lowest BCUT2D eigenvalue weighted by Crippen LogP contribution is -2.35. The fraction of sp³-hybridized carbons (Fsp3) is 0.684. The first-order valence-corrected chi connectivity index (χ1v) is 9.99. The van der Waals surface area contributed by atoms with E-state index in [2.05, 4.69) is 30.3 Å². The van der Waals surface area contributed by atoms with E-state index < -0.39 is 0 Å². The summed E-state index contributed by atoms with van der Waals surface area (Å²) in [6.07, 6.45) is 8.47. The first-order valence-electron chi connectivity index (χ1n) is 9.99. The molecule has 2 aliphatic rings. The molecule has 4 rings (SSSR count). The van der Waals surface area contributed by atoms with Gasteiger partial charge >= 0.3 is 0 Å². The number of nitrogens with one attached hydrogen (secondary N) is 2. The maximum absolute atomic E-state index is 12.5. The maximum Gasteiger partial charge on any atom is 0.220 e. The molecule has 27 heavy (non-hydrogen) atoms. The summed E-state index contributed by atoms with van der Waals surface area (Å²) >= 11 is 0. The molecule has 0 aromatic carbocycles. The first-order chi connectivity index (χ1) is 13.2. The SMILES string of the molecule is COCc1nnc2n1CCC(NC(=O)CCc1n[nH]c3c1CCCC3)CC2. The Bertz CT molecular complexity index is 796. The van der Waals surface area contributed by atoms with Crippen LogP contribution in [-0.4, -0.2) is 44.0 Å². The van der Waals surface area contributed by atoms with Crippen LogP contribution in [0.1, 0.15) is 60.7 Å². The molecule has 1 aliphatic carbocycles. The summed E-state index contributed by atoms with van der Waals surface area (Å²) in [6, 6.07) is 0.183. The van der Waals surface area contributed by atoms with Crippen molar-refractivity contribution in [3.8, 4) is 0 Å². The highest BCUT2D eigenvalue weighted by Gasteiger charge is 2.22. The van der Waals surface area contributed by atoms with Crippen molar-refractivity contribution >= 4 is 5.91 Å². The van der Waals surface area contributed by atoms with Crippen molar-refractivity contribution in [2.75, 3.05) is 7.11 Å². The largest absolute Gasteiger partial charge is 0.377 e. The predicted molar refractivity (Wildman–Crippen MR) is 99.2 cm³/mol. The van der Waals surface area contributed by atoms with Crippen LogP contribution in [0.3, 0.4) is 0 Å². The van der Waals surface area contributed by atoms with Gasteiger partial charge in [-0.05, 0) is 44.1 Å². The first kappa shape index (κ1) is 18.2. The summed E-state index contributed by atoms with van der Waals surface area (Å²) in [5.41, 5.74) is 3.71. The monoisotopic (exact) mass is 372 g/mol. The van der Waals surface area contributed by atoms with E-state index in [1.807, 2.05) is 0 Å². The summed E-state index contributed by atoms with van der Waals surface area (Å²) in [5.74, 6) is 1.96. The van der Waals surface area contributed by atoms with Crippen LogP contribution in [0.4, 0.5) is 0 Å². The van der Waals surface area contributed by atoms with Crippen molar-refractivity contribution in [1.82, 2.24) is 30.3 Å². The van der Waals surface area contributed by atoms with Crippen molar-refractivity contribution in [3.63, 3.8) is 0 Å². The smallest absolute Gasteiger partial charge is 0.220 e. The van der Waals surface area contributed by atoms with E-state index in [0.29, 0.717) is 19.4 Å². The number of nitrogens with zero attached hydrogens (tertiary/aromatic N) is 4. The standard InChI is InChI=1S/C19H28N6O2/c1-27-12-18-24-23-17-8-6-13(10-11-25(17)18)20-19(26)9-7-16-14-4-2-3-5-15(14)21-22-16/h13H,2-12H2,1H3,(H,20,26)(H,21,22). The summed E-state index contributed by atoms with van der Waals surface area (Å²) in [4.78, 5) is 12.5. The van der Waals surface area contributed by atoms with Crippen molar-refractivity contribution in [2.24, 2.45) is 0 Å². The Morgan fingerprint density at radius 3 is 3.04 bits per heavy atom. The third kappa shape index (κ3) is 4.05.